The van der Waals surface area contributed by atoms with Crippen molar-refractivity contribution in [3.63, 3.8) is 0 Å². The minimum atomic E-state index is -0.175. The highest BCUT2D eigenvalue weighted by molar-refractivity contribution is 5.51. The molecule has 2 atom stereocenters. The van der Waals surface area contributed by atoms with Gasteiger partial charge in [0, 0.05) is 18.5 Å². The van der Waals surface area contributed by atoms with Crippen LogP contribution >= 0.6 is 0 Å². The van der Waals surface area contributed by atoms with Crippen LogP contribution in [0.3, 0.4) is 0 Å². The van der Waals surface area contributed by atoms with E-state index in [1.807, 2.05) is 6.07 Å². The van der Waals surface area contributed by atoms with Crippen molar-refractivity contribution in [3.05, 3.63) is 23.3 Å². The summed E-state index contributed by atoms with van der Waals surface area (Å²) in [5.74, 6) is 0.493. The highest BCUT2D eigenvalue weighted by Crippen LogP contribution is 2.42. The Morgan fingerprint density at radius 2 is 1.73 bits per heavy atom. The quantitative estimate of drug-likeness (QED) is 0.732. The molecule has 122 valence electrons. The smallest absolute Gasteiger partial charge is 0.161 e. The molecule has 4 N–H and O–H groups in total. The van der Waals surface area contributed by atoms with Gasteiger partial charge in [0.15, 0.2) is 11.5 Å². The van der Waals surface area contributed by atoms with Crippen molar-refractivity contribution in [3.8, 4) is 11.5 Å². The Bertz CT molecular complexity index is 509. The van der Waals surface area contributed by atoms with Gasteiger partial charge in [-0.1, -0.05) is 38.2 Å². The third-order valence-electron chi connectivity index (χ3n) is 5.28. The van der Waals surface area contributed by atoms with Crippen LogP contribution in [0.1, 0.15) is 62.2 Å². The Labute approximate surface area is 132 Å². The Morgan fingerprint density at radius 3 is 2.41 bits per heavy atom. The molecule has 4 heteroatoms. The number of benzene rings is 1. The normalized spacial score (nSPS) is 27.0. The SMILES string of the molecule is NC[C@@H]1O[C@H](C2CCCCCCC2)Cc2c1ccc(O)c2O. The zero-order valence-corrected chi connectivity index (χ0v) is 13.1. The van der Waals surface area contributed by atoms with Gasteiger partial charge in [-0.2, -0.15) is 0 Å². The van der Waals surface area contributed by atoms with E-state index in [-0.39, 0.29) is 23.7 Å². The fraction of sp³-hybridized carbons (Fsp3) is 0.667. The Balaban J connectivity index is 1.84. The number of rotatable bonds is 2. The van der Waals surface area contributed by atoms with Gasteiger partial charge in [-0.3, -0.25) is 0 Å². The van der Waals surface area contributed by atoms with Crippen molar-refractivity contribution >= 4 is 0 Å². The standard InChI is InChI=1S/C18H27NO3/c19-11-17-13-8-9-15(20)18(21)14(13)10-16(22-17)12-6-4-2-1-3-5-7-12/h8-9,12,16-17,20-21H,1-7,10-11,19H2/t16-,17-/m0/s1. The maximum Gasteiger partial charge on any atom is 0.161 e. The number of phenolic OH excluding ortho intramolecular Hbond substituents is 2. The summed E-state index contributed by atoms with van der Waals surface area (Å²) >= 11 is 0. The van der Waals surface area contributed by atoms with Gasteiger partial charge >= 0.3 is 0 Å². The number of hydrogen-bond acceptors (Lipinski definition) is 4. The molecule has 1 saturated carbocycles. The topological polar surface area (TPSA) is 75.7 Å². The second-order valence-corrected chi connectivity index (χ2v) is 6.71. The van der Waals surface area contributed by atoms with E-state index in [2.05, 4.69) is 0 Å². The van der Waals surface area contributed by atoms with Crippen LogP contribution in [0.4, 0.5) is 0 Å². The summed E-state index contributed by atoms with van der Waals surface area (Å²) in [5.41, 5.74) is 7.64. The molecule has 0 aromatic heterocycles. The zero-order valence-electron chi connectivity index (χ0n) is 13.1. The first kappa shape index (κ1) is 15.6. The molecule has 0 spiro atoms. The average molecular weight is 305 g/mol. The lowest BCUT2D eigenvalue weighted by Gasteiger charge is -2.37. The summed E-state index contributed by atoms with van der Waals surface area (Å²) in [6, 6.07) is 3.35. The van der Waals surface area contributed by atoms with Crippen LogP contribution in [0.15, 0.2) is 12.1 Å². The van der Waals surface area contributed by atoms with Crippen molar-refractivity contribution in [1.29, 1.82) is 0 Å². The number of phenols is 2. The average Bonchev–Trinajstić information content (AvgIpc) is 2.50. The van der Waals surface area contributed by atoms with Crippen LogP contribution in [-0.2, 0) is 11.2 Å². The van der Waals surface area contributed by atoms with Crippen LogP contribution in [0.5, 0.6) is 11.5 Å². The lowest BCUT2D eigenvalue weighted by Crippen LogP contribution is -2.35. The highest BCUT2D eigenvalue weighted by atomic mass is 16.5. The van der Waals surface area contributed by atoms with E-state index in [0.29, 0.717) is 18.9 Å². The summed E-state index contributed by atoms with van der Waals surface area (Å²) in [5, 5.41) is 20.0. The lowest BCUT2D eigenvalue weighted by atomic mass is 9.81. The summed E-state index contributed by atoms with van der Waals surface area (Å²) in [6.45, 7) is 0.403. The summed E-state index contributed by atoms with van der Waals surface area (Å²) in [6.07, 6.45) is 9.48. The van der Waals surface area contributed by atoms with Gasteiger partial charge < -0.3 is 20.7 Å². The van der Waals surface area contributed by atoms with Crippen LogP contribution in [-0.4, -0.2) is 22.9 Å². The molecule has 1 aromatic carbocycles. The third-order valence-corrected chi connectivity index (χ3v) is 5.28. The molecule has 4 nitrogen and oxygen atoms in total. The van der Waals surface area contributed by atoms with E-state index >= 15 is 0 Å². The van der Waals surface area contributed by atoms with Gasteiger partial charge in [-0.25, -0.2) is 0 Å². The molecule has 2 aliphatic rings. The minimum Gasteiger partial charge on any atom is -0.504 e. The molecular formula is C18H27NO3. The molecule has 1 aliphatic heterocycles. The minimum absolute atomic E-state index is 0.00935. The van der Waals surface area contributed by atoms with Crippen molar-refractivity contribution in [2.45, 2.75) is 63.6 Å². The monoisotopic (exact) mass is 305 g/mol. The molecular weight excluding hydrogens is 278 g/mol. The van der Waals surface area contributed by atoms with Crippen LogP contribution in [0.25, 0.3) is 0 Å². The number of fused-ring (bicyclic) bond motifs is 1. The second-order valence-electron chi connectivity index (χ2n) is 6.71. The maximum atomic E-state index is 10.2. The first-order valence-corrected chi connectivity index (χ1v) is 8.60. The van der Waals surface area contributed by atoms with Gasteiger partial charge in [0.2, 0.25) is 0 Å². The maximum absolute atomic E-state index is 10.2. The van der Waals surface area contributed by atoms with E-state index in [1.165, 1.54) is 51.0 Å². The van der Waals surface area contributed by atoms with E-state index < -0.39 is 0 Å². The predicted octanol–water partition coefficient (Wildman–Crippen LogP) is 3.40. The van der Waals surface area contributed by atoms with Crippen LogP contribution < -0.4 is 5.73 Å². The fourth-order valence-electron chi connectivity index (χ4n) is 4.01. The predicted molar refractivity (Wildman–Crippen MR) is 86.0 cm³/mol. The number of ether oxygens (including phenoxy) is 1. The molecule has 0 unspecified atom stereocenters. The Hall–Kier alpha value is -1.26. The summed E-state index contributed by atoms with van der Waals surface area (Å²) in [7, 11) is 0. The van der Waals surface area contributed by atoms with Crippen molar-refractivity contribution in [2.75, 3.05) is 6.54 Å². The molecule has 0 saturated heterocycles. The third kappa shape index (κ3) is 3.08. The highest BCUT2D eigenvalue weighted by Gasteiger charge is 2.34. The molecule has 0 amide bonds. The van der Waals surface area contributed by atoms with Gasteiger partial charge in [-0.15, -0.1) is 0 Å². The van der Waals surface area contributed by atoms with E-state index in [9.17, 15) is 10.2 Å². The van der Waals surface area contributed by atoms with Crippen molar-refractivity contribution in [1.82, 2.24) is 0 Å². The molecule has 22 heavy (non-hydrogen) atoms. The van der Waals surface area contributed by atoms with Crippen LogP contribution in [0, 0.1) is 5.92 Å². The first-order valence-electron chi connectivity index (χ1n) is 8.60. The van der Waals surface area contributed by atoms with Gasteiger partial charge in [0.25, 0.3) is 0 Å². The van der Waals surface area contributed by atoms with E-state index in [4.69, 9.17) is 10.5 Å². The van der Waals surface area contributed by atoms with Crippen molar-refractivity contribution < 1.29 is 14.9 Å². The van der Waals surface area contributed by atoms with Crippen LogP contribution in [0.2, 0.25) is 0 Å². The Morgan fingerprint density at radius 1 is 1.05 bits per heavy atom. The van der Waals surface area contributed by atoms with Gasteiger partial charge in [0.1, 0.15) is 0 Å². The Kier molecular flexibility index (Phi) is 4.89. The van der Waals surface area contributed by atoms with Gasteiger partial charge in [0.05, 0.1) is 12.2 Å². The number of nitrogens with two attached hydrogens (primary N) is 1. The molecule has 1 aromatic rings. The molecule has 1 aliphatic carbocycles. The van der Waals surface area contributed by atoms with Crippen molar-refractivity contribution in [2.24, 2.45) is 11.7 Å². The largest absolute Gasteiger partial charge is 0.504 e. The lowest BCUT2D eigenvalue weighted by molar-refractivity contribution is -0.0572. The van der Waals surface area contributed by atoms with E-state index in [0.717, 1.165) is 11.1 Å². The zero-order chi connectivity index (χ0) is 15.5. The summed E-state index contributed by atoms with van der Waals surface area (Å²) in [4.78, 5) is 0. The first-order chi connectivity index (χ1) is 10.7. The molecule has 0 radical (unpaired) electrons. The number of aromatic hydroxyl groups is 2. The molecule has 3 rings (SSSR count). The second kappa shape index (κ2) is 6.88. The molecule has 1 fully saturated rings. The fourth-order valence-corrected chi connectivity index (χ4v) is 4.01. The van der Waals surface area contributed by atoms with E-state index in [1.54, 1.807) is 0 Å². The summed E-state index contributed by atoms with van der Waals surface area (Å²) < 4.78 is 6.28. The molecule has 0 bridgehead atoms. The molecule has 1 heterocycles. The number of hydrogen-bond donors (Lipinski definition) is 3. The van der Waals surface area contributed by atoms with Gasteiger partial charge in [-0.05, 0) is 30.4 Å².